The fraction of sp³-hybridized carbons (Fsp3) is 0.250. The molecule has 11 heteroatoms. The summed E-state index contributed by atoms with van der Waals surface area (Å²) >= 11 is 7.25. The molecule has 1 N–H and O–H groups in total. The predicted octanol–water partition coefficient (Wildman–Crippen LogP) is 4.66. The van der Waals surface area contributed by atoms with Crippen LogP contribution in [-0.4, -0.2) is 38.0 Å². The van der Waals surface area contributed by atoms with Gasteiger partial charge in [-0.1, -0.05) is 23.4 Å². The molecule has 0 saturated carbocycles. The number of rotatable bonds is 9. The lowest BCUT2D eigenvalue weighted by Gasteiger charge is -2.09. The van der Waals surface area contributed by atoms with Crippen molar-refractivity contribution in [2.45, 2.75) is 25.5 Å². The Balaban J connectivity index is 1.69. The van der Waals surface area contributed by atoms with E-state index in [-0.39, 0.29) is 28.1 Å². The number of nitro groups is 1. The molecule has 1 amide bonds. The zero-order chi connectivity index (χ0) is 22.4. The number of halogens is 1. The molecule has 0 radical (unpaired) electrons. The zero-order valence-electron chi connectivity index (χ0n) is 16.9. The molecule has 3 rings (SSSR count). The Labute approximate surface area is 187 Å². The summed E-state index contributed by atoms with van der Waals surface area (Å²) in [5, 5.41) is 22.8. The van der Waals surface area contributed by atoms with Gasteiger partial charge in [-0.05, 0) is 44.2 Å². The largest absolute Gasteiger partial charge is 0.494 e. The molecule has 0 spiro atoms. The molecule has 0 atom stereocenters. The third-order valence-electron chi connectivity index (χ3n) is 4.22. The first-order valence-corrected chi connectivity index (χ1v) is 10.8. The van der Waals surface area contributed by atoms with Gasteiger partial charge in [0, 0.05) is 24.2 Å². The molecular formula is C20H20ClN5O4S. The van der Waals surface area contributed by atoms with Gasteiger partial charge in [0.2, 0.25) is 5.91 Å². The molecule has 0 saturated heterocycles. The van der Waals surface area contributed by atoms with Crippen molar-refractivity contribution in [2.75, 3.05) is 17.7 Å². The normalized spacial score (nSPS) is 10.7. The third kappa shape index (κ3) is 5.53. The second kappa shape index (κ2) is 10.3. The average Bonchev–Trinajstić information content (AvgIpc) is 3.17. The first-order valence-electron chi connectivity index (χ1n) is 9.46. The van der Waals surface area contributed by atoms with Crippen LogP contribution in [-0.2, 0) is 11.3 Å². The van der Waals surface area contributed by atoms with Gasteiger partial charge in [-0.3, -0.25) is 14.9 Å². The monoisotopic (exact) mass is 461 g/mol. The quantitative estimate of drug-likeness (QED) is 0.280. The molecule has 3 aromatic rings. The number of non-ortho nitro benzene ring substituents is 1. The minimum Gasteiger partial charge on any atom is -0.494 e. The van der Waals surface area contributed by atoms with Crippen LogP contribution in [0.25, 0.3) is 11.4 Å². The lowest BCUT2D eigenvalue weighted by atomic mass is 10.2. The van der Waals surface area contributed by atoms with Crippen LogP contribution in [0.5, 0.6) is 5.75 Å². The SMILES string of the molecule is CCOc1ccc(-c2nnc(SCC(=O)Nc3cc([N+](=O)[O-])ccc3Cl)n2CC)cc1. The Bertz CT molecular complexity index is 1090. The summed E-state index contributed by atoms with van der Waals surface area (Å²) in [7, 11) is 0. The van der Waals surface area contributed by atoms with E-state index in [0.29, 0.717) is 24.1 Å². The van der Waals surface area contributed by atoms with Crippen molar-refractivity contribution in [1.82, 2.24) is 14.8 Å². The van der Waals surface area contributed by atoms with Gasteiger partial charge < -0.3 is 14.6 Å². The number of hydrogen-bond donors (Lipinski definition) is 1. The number of nitrogens with zero attached hydrogens (tertiary/aromatic N) is 4. The summed E-state index contributed by atoms with van der Waals surface area (Å²) in [6, 6.07) is 11.4. The number of aromatic nitrogens is 3. The number of nitrogens with one attached hydrogen (secondary N) is 1. The highest BCUT2D eigenvalue weighted by atomic mass is 35.5. The lowest BCUT2D eigenvalue weighted by molar-refractivity contribution is -0.384. The molecule has 2 aromatic carbocycles. The van der Waals surface area contributed by atoms with Crippen LogP contribution in [0.1, 0.15) is 13.8 Å². The van der Waals surface area contributed by atoms with Crippen LogP contribution >= 0.6 is 23.4 Å². The third-order valence-corrected chi connectivity index (χ3v) is 5.52. The summed E-state index contributed by atoms with van der Waals surface area (Å²) < 4.78 is 7.37. The van der Waals surface area contributed by atoms with Crippen LogP contribution in [0.2, 0.25) is 5.02 Å². The number of hydrogen-bond acceptors (Lipinski definition) is 7. The Kier molecular flexibility index (Phi) is 7.48. The number of amides is 1. The standard InChI is InChI=1S/C20H20ClN5O4S/c1-3-25-19(13-5-8-15(9-6-13)30-4-2)23-24-20(25)31-12-18(27)22-17-11-14(26(28)29)7-10-16(17)21/h5-11H,3-4,12H2,1-2H3,(H,22,27). The average molecular weight is 462 g/mol. The van der Waals surface area contributed by atoms with Gasteiger partial charge in [0.1, 0.15) is 5.75 Å². The molecule has 31 heavy (non-hydrogen) atoms. The van der Waals surface area contributed by atoms with E-state index in [9.17, 15) is 14.9 Å². The summed E-state index contributed by atoms with van der Waals surface area (Å²) in [5.74, 6) is 1.15. The van der Waals surface area contributed by atoms with Gasteiger partial charge in [0.05, 0.1) is 28.0 Å². The van der Waals surface area contributed by atoms with Crippen molar-refractivity contribution in [2.24, 2.45) is 0 Å². The van der Waals surface area contributed by atoms with Gasteiger partial charge >= 0.3 is 0 Å². The van der Waals surface area contributed by atoms with Crippen molar-refractivity contribution in [3.8, 4) is 17.1 Å². The summed E-state index contributed by atoms with van der Waals surface area (Å²) in [6.07, 6.45) is 0. The summed E-state index contributed by atoms with van der Waals surface area (Å²) in [4.78, 5) is 22.7. The topological polar surface area (TPSA) is 112 Å². The van der Waals surface area contributed by atoms with Crippen molar-refractivity contribution in [3.05, 3.63) is 57.6 Å². The van der Waals surface area contributed by atoms with Crippen LogP contribution in [0.3, 0.4) is 0 Å². The predicted molar refractivity (Wildman–Crippen MR) is 120 cm³/mol. The van der Waals surface area contributed by atoms with E-state index in [0.717, 1.165) is 11.3 Å². The van der Waals surface area contributed by atoms with Gasteiger partial charge in [-0.2, -0.15) is 0 Å². The van der Waals surface area contributed by atoms with Crippen LogP contribution in [0.15, 0.2) is 47.6 Å². The van der Waals surface area contributed by atoms with Crippen molar-refractivity contribution >= 4 is 40.6 Å². The highest BCUT2D eigenvalue weighted by Crippen LogP contribution is 2.28. The van der Waals surface area contributed by atoms with Crippen LogP contribution in [0, 0.1) is 10.1 Å². The minimum atomic E-state index is -0.549. The Morgan fingerprint density at radius 1 is 1.23 bits per heavy atom. The van der Waals surface area contributed by atoms with E-state index in [1.165, 1.54) is 30.0 Å². The number of thioether (sulfide) groups is 1. The zero-order valence-corrected chi connectivity index (χ0v) is 18.4. The molecule has 0 aliphatic heterocycles. The van der Waals surface area contributed by atoms with E-state index in [4.69, 9.17) is 16.3 Å². The molecule has 1 aromatic heterocycles. The highest BCUT2D eigenvalue weighted by Gasteiger charge is 2.16. The molecule has 0 unspecified atom stereocenters. The summed E-state index contributed by atoms with van der Waals surface area (Å²) in [5.41, 5.74) is 0.920. The first-order chi connectivity index (χ1) is 14.9. The van der Waals surface area contributed by atoms with Crippen molar-refractivity contribution in [1.29, 1.82) is 0 Å². The van der Waals surface area contributed by atoms with Gasteiger partial charge in [-0.15, -0.1) is 10.2 Å². The maximum absolute atomic E-state index is 12.4. The van der Waals surface area contributed by atoms with Gasteiger partial charge in [-0.25, -0.2) is 0 Å². The van der Waals surface area contributed by atoms with Gasteiger partial charge in [0.15, 0.2) is 11.0 Å². The fourth-order valence-corrected chi connectivity index (χ4v) is 3.77. The molecule has 0 aliphatic carbocycles. The number of nitro benzene ring substituents is 1. The molecule has 9 nitrogen and oxygen atoms in total. The van der Waals surface area contributed by atoms with E-state index in [1.54, 1.807) is 0 Å². The highest BCUT2D eigenvalue weighted by molar-refractivity contribution is 7.99. The lowest BCUT2D eigenvalue weighted by Crippen LogP contribution is -2.15. The Morgan fingerprint density at radius 3 is 2.61 bits per heavy atom. The molecule has 162 valence electrons. The van der Waals surface area contributed by atoms with E-state index in [1.807, 2.05) is 42.7 Å². The molecule has 1 heterocycles. The first kappa shape index (κ1) is 22.6. The van der Waals surface area contributed by atoms with Crippen molar-refractivity contribution < 1.29 is 14.5 Å². The number of carbonyl (C=O) groups is 1. The molecular weight excluding hydrogens is 442 g/mol. The Hall–Kier alpha value is -3.11. The summed E-state index contributed by atoms with van der Waals surface area (Å²) in [6.45, 7) is 5.10. The van der Waals surface area contributed by atoms with E-state index < -0.39 is 4.92 Å². The molecule has 0 bridgehead atoms. The number of anilines is 1. The molecule has 0 fully saturated rings. The minimum absolute atomic E-state index is 0.0421. The van der Waals surface area contributed by atoms with E-state index in [2.05, 4.69) is 15.5 Å². The fourth-order valence-electron chi connectivity index (χ4n) is 2.80. The second-order valence-electron chi connectivity index (χ2n) is 6.27. The maximum atomic E-state index is 12.4. The second-order valence-corrected chi connectivity index (χ2v) is 7.62. The maximum Gasteiger partial charge on any atom is 0.271 e. The Morgan fingerprint density at radius 2 is 1.97 bits per heavy atom. The van der Waals surface area contributed by atoms with Crippen molar-refractivity contribution in [3.63, 3.8) is 0 Å². The number of carbonyl (C=O) groups excluding carboxylic acids is 1. The van der Waals surface area contributed by atoms with Crippen LogP contribution < -0.4 is 10.1 Å². The number of benzene rings is 2. The molecule has 0 aliphatic rings. The van der Waals surface area contributed by atoms with Crippen LogP contribution in [0.4, 0.5) is 11.4 Å². The van der Waals surface area contributed by atoms with Gasteiger partial charge in [0.25, 0.3) is 5.69 Å². The smallest absolute Gasteiger partial charge is 0.271 e. The number of ether oxygens (including phenoxy) is 1. The van der Waals surface area contributed by atoms with E-state index >= 15 is 0 Å².